The van der Waals surface area contributed by atoms with Crippen molar-refractivity contribution < 1.29 is 0 Å². The first-order chi connectivity index (χ1) is 33.1. The Morgan fingerprint density at radius 2 is 1.06 bits per heavy atom. The molecule has 11 aromatic carbocycles. The minimum atomic E-state index is -3.11. The van der Waals surface area contributed by atoms with E-state index in [1.54, 1.807) is 0 Å². The fourth-order valence-electron chi connectivity index (χ4n) is 11.5. The Morgan fingerprint density at radius 1 is 0.448 bits per heavy atom. The second-order valence-electron chi connectivity index (χ2n) is 18.2. The van der Waals surface area contributed by atoms with Gasteiger partial charge in [0.15, 0.2) is 8.07 Å². The van der Waals surface area contributed by atoms with Gasteiger partial charge in [-0.25, -0.2) is 0 Å². The maximum Gasteiger partial charge on any atom is 0.180 e. The number of hydrogen-bond donors (Lipinski definition) is 1. The summed E-state index contributed by atoms with van der Waals surface area (Å²) >= 11 is 0. The molecule has 0 bridgehead atoms. The van der Waals surface area contributed by atoms with Crippen LogP contribution in [0, 0.1) is 6.92 Å². The van der Waals surface area contributed by atoms with Crippen molar-refractivity contribution in [3.8, 4) is 11.1 Å². The molecular weight excluding hydrogens is 825 g/mol. The van der Waals surface area contributed by atoms with E-state index < -0.39 is 8.07 Å². The van der Waals surface area contributed by atoms with E-state index in [-0.39, 0.29) is 6.17 Å². The molecule has 12 rings (SSSR count). The van der Waals surface area contributed by atoms with Gasteiger partial charge in [0.25, 0.3) is 0 Å². The number of hydrogen-bond acceptors (Lipinski definition) is 2. The van der Waals surface area contributed by atoms with Crippen molar-refractivity contribution >= 4 is 89.0 Å². The van der Waals surface area contributed by atoms with Gasteiger partial charge in [-0.05, 0) is 124 Å². The van der Waals surface area contributed by atoms with Crippen molar-refractivity contribution in [3.05, 3.63) is 247 Å². The molecule has 11 aromatic rings. The lowest BCUT2D eigenvalue weighted by Gasteiger charge is -2.37. The van der Waals surface area contributed by atoms with Gasteiger partial charge in [0.2, 0.25) is 0 Å². The zero-order valence-electron chi connectivity index (χ0n) is 38.3. The van der Waals surface area contributed by atoms with Crippen LogP contribution in [0.3, 0.4) is 0 Å². The van der Waals surface area contributed by atoms with Crippen LogP contribution in [0.15, 0.2) is 224 Å². The number of benzene rings is 11. The number of aryl methyl sites for hydroxylation is 3. The third-order valence-corrected chi connectivity index (χ3v) is 19.5. The zero-order chi connectivity index (χ0) is 45.1. The molecule has 1 unspecified atom stereocenters. The Balaban J connectivity index is 1.22. The van der Waals surface area contributed by atoms with E-state index in [0.717, 1.165) is 18.5 Å². The Labute approximate surface area is 394 Å². The largest absolute Gasteiger partial charge is 0.359 e. The lowest BCUT2D eigenvalue weighted by Crippen LogP contribution is -2.75. The highest BCUT2D eigenvalue weighted by molar-refractivity contribution is 7.21. The van der Waals surface area contributed by atoms with Gasteiger partial charge in [0.1, 0.15) is 6.17 Å². The molecule has 1 atom stereocenters. The van der Waals surface area contributed by atoms with Gasteiger partial charge < -0.3 is 10.2 Å². The summed E-state index contributed by atoms with van der Waals surface area (Å²) in [7, 11) is -3.11. The molecule has 2 nitrogen and oxygen atoms in total. The topological polar surface area (TPSA) is 15.3 Å². The Kier molecular flexibility index (Phi) is 10.1. The van der Waals surface area contributed by atoms with E-state index in [1.807, 2.05) is 0 Å². The average Bonchev–Trinajstić information content (AvgIpc) is 3.79. The summed E-state index contributed by atoms with van der Waals surface area (Å²) in [6, 6.07) is 85.4. The average molecular weight is 877 g/mol. The molecule has 0 spiro atoms. The maximum atomic E-state index is 3.92. The number of anilines is 3. The van der Waals surface area contributed by atoms with Crippen molar-refractivity contribution in [1.29, 1.82) is 0 Å². The summed E-state index contributed by atoms with van der Waals surface area (Å²) in [6.45, 7) is 6.82. The number of fused-ring (bicyclic) bond motifs is 5. The summed E-state index contributed by atoms with van der Waals surface area (Å²) in [5, 5.41) is 19.8. The third-order valence-electron chi connectivity index (χ3n) is 14.6. The van der Waals surface area contributed by atoms with Crippen molar-refractivity contribution in [1.82, 2.24) is 0 Å². The lowest BCUT2D eigenvalue weighted by molar-refractivity contribution is 0.829. The summed E-state index contributed by atoms with van der Waals surface area (Å²) in [6.07, 6.45) is 1.84. The Hall–Kier alpha value is -7.72. The quantitative estimate of drug-likeness (QED) is 0.0883. The molecular formula is C64H52N2Si. The van der Waals surface area contributed by atoms with Crippen molar-refractivity contribution in [2.45, 2.75) is 39.8 Å². The van der Waals surface area contributed by atoms with Crippen molar-refractivity contribution in [2.75, 3.05) is 10.2 Å². The number of nitrogens with one attached hydrogen (secondary N) is 1. The summed E-state index contributed by atoms with van der Waals surface area (Å²) in [5.74, 6) is 0. The van der Waals surface area contributed by atoms with E-state index in [1.165, 1.54) is 109 Å². The van der Waals surface area contributed by atoms with Gasteiger partial charge in [-0.3, -0.25) is 0 Å². The van der Waals surface area contributed by atoms with E-state index >= 15 is 0 Å². The predicted octanol–water partition coefficient (Wildman–Crippen LogP) is 14.0. The highest BCUT2D eigenvalue weighted by Crippen LogP contribution is 2.51. The van der Waals surface area contributed by atoms with Crippen LogP contribution in [-0.2, 0) is 12.8 Å². The molecule has 0 saturated heterocycles. The van der Waals surface area contributed by atoms with Crippen LogP contribution >= 0.6 is 0 Å². The van der Waals surface area contributed by atoms with E-state index in [0.29, 0.717) is 0 Å². The fraction of sp³-hybridized carbons (Fsp3) is 0.0938. The highest BCUT2D eigenvalue weighted by Gasteiger charge is 2.44. The predicted molar refractivity (Wildman–Crippen MR) is 290 cm³/mol. The first kappa shape index (κ1) is 40.8. The number of rotatable bonds is 9. The second-order valence-corrected chi connectivity index (χ2v) is 22.0. The minimum Gasteiger partial charge on any atom is -0.359 e. The molecule has 1 aliphatic rings. The van der Waals surface area contributed by atoms with Crippen LogP contribution < -0.4 is 31.0 Å². The molecule has 0 aromatic heterocycles. The smallest absolute Gasteiger partial charge is 0.180 e. The van der Waals surface area contributed by atoms with Crippen LogP contribution in [0.5, 0.6) is 0 Å². The maximum absolute atomic E-state index is 3.92. The lowest BCUT2D eigenvalue weighted by atomic mass is 9.87. The first-order valence-electron chi connectivity index (χ1n) is 23.9. The summed E-state index contributed by atoms with van der Waals surface area (Å²) < 4.78 is 0. The van der Waals surface area contributed by atoms with Crippen LogP contribution in [-0.4, -0.2) is 8.07 Å². The van der Waals surface area contributed by atoms with E-state index in [9.17, 15) is 0 Å². The van der Waals surface area contributed by atoms with Gasteiger partial charge in [-0.2, -0.15) is 0 Å². The first-order valence-corrected chi connectivity index (χ1v) is 25.9. The molecule has 0 aliphatic carbocycles. The molecule has 0 radical (unpaired) electrons. The van der Waals surface area contributed by atoms with Crippen LogP contribution in [0.2, 0.25) is 0 Å². The fourth-order valence-corrected chi connectivity index (χ4v) is 16.7. The van der Waals surface area contributed by atoms with Crippen molar-refractivity contribution in [3.63, 3.8) is 0 Å². The molecule has 322 valence electrons. The Morgan fingerprint density at radius 3 is 1.76 bits per heavy atom. The molecule has 0 saturated carbocycles. The molecule has 1 N–H and O–H groups in total. The van der Waals surface area contributed by atoms with Crippen LogP contribution in [0.25, 0.3) is 54.2 Å². The van der Waals surface area contributed by atoms with Crippen LogP contribution in [0.4, 0.5) is 17.1 Å². The molecule has 1 heterocycles. The molecule has 0 fully saturated rings. The highest BCUT2D eigenvalue weighted by atomic mass is 28.3. The van der Waals surface area contributed by atoms with Gasteiger partial charge in [0, 0.05) is 5.39 Å². The van der Waals surface area contributed by atoms with Gasteiger partial charge >= 0.3 is 0 Å². The molecule has 1 aliphatic heterocycles. The number of para-hydroxylation sites is 1. The van der Waals surface area contributed by atoms with Gasteiger partial charge in [-0.1, -0.05) is 226 Å². The van der Waals surface area contributed by atoms with Gasteiger partial charge in [0.05, 0.1) is 17.1 Å². The third kappa shape index (κ3) is 6.52. The van der Waals surface area contributed by atoms with E-state index in [2.05, 4.69) is 255 Å². The van der Waals surface area contributed by atoms with Gasteiger partial charge in [-0.15, -0.1) is 0 Å². The monoisotopic (exact) mass is 876 g/mol. The van der Waals surface area contributed by atoms with Crippen LogP contribution in [0.1, 0.15) is 42.3 Å². The molecule has 0 amide bonds. The normalized spacial score (nSPS) is 13.7. The second kappa shape index (κ2) is 16.6. The minimum absolute atomic E-state index is 0.0590. The summed E-state index contributed by atoms with van der Waals surface area (Å²) in [5.41, 5.74) is 11.3. The molecule has 67 heavy (non-hydrogen) atoms. The van der Waals surface area contributed by atoms with E-state index in [4.69, 9.17) is 0 Å². The standard InChI is InChI=1S/C64H52N2Si/c1-4-44-33-37-56-57(40-44)61(54-38-39-60(53-30-18-17-29-52(53)54)66-62-43(3)20-19-31-59(62)65-64(66)47-22-9-6-10-23-47)55-36-32-45(5-2)41-58(55)63(56)67(49-25-11-7-12-26-49,50-27-13-8-14-28-50)51-35-34-46-21-15-16-24-48(46)42-51/h6-42,64-65H,4-5H2,1-3H3. The Bertz CT molecular complexity index is 3620. The van der Waals surface area contributed by atoms with Crippen molar-refractivity contribution in [2.24, 2.45) is 0 Å². The molecule has 3 heteroatoms. The number of nitrogens with zero attached hydrogens (tertiary/aromatic N) is 1. The SMILES string of the molecule is CCc1ccc2c([Si](c3ccccc3)(c3ccccc3)c3ccc4ccccc4c3)c3cc(CC)ccc3c(-c3ccc(N4c5c(C)cccc5NC4c4ccccc4)c4ccccc34)c2c1. The summed E-state index contributed by atoms with van der Waals surface area (Å²) in [4.78, 5) is 2.54. The zero-order valence-corrected chi connectivity index (χ0v) is 39.3.